The van der Waals surface area contributed by atoms with Crippen LogP contribution in [0.5, 0.6) is 0 Å². The Balaban J connectivity index is 2.36. The third-order valence-electron chi connectivity index (χ3n) is 2.63. The fraction of sp³-hybridized carbons (Fsp3) is 0.300. The summed E-state index contributed by atoms with van der Waals surface area (Å²) in [5.74, 6) is -0.405. The van der Waals surface area contributed by atoms with Gasteiger partial charge in [0, 0.05) is 13.1 Å². The van der Waals surface area contributed by atoms with Crippen molar-refractivity contribution in [1.82, 2.24) is 4.90 Å². The van der Waals surface area contributed by atoms with Crippen molar-refractivity contribution in [3.63, 3.8) is 0 Å². The Kier molecular flexibility index (Phi) is 2.22. The molecule has 2 rings (SSSR count). The lowest BCUT2D eigenvalue weighted by Gasteiger charge is -2.26. The number of carboxylic acid groups (broad SMARTS) is 1. The Morgan fingerprint density at radius 3 is 2.93 bits per heavy atom. The lowest BCUT2D eigenvalue weighted by atomic mass is 9.98. The van der Waals surface area contributed by atoms with Gasteiger partial charge in [-0.1, -0.05) is 6.07 Å². The van der Waals surface area contributed by atoms with Gasteiger partial charge in [0.2, 0.25) is 0 Å². The predicted octanol–water partition coefficient (Wildman–Crippen LogP) is 1.44. The van der Waals surface area contributed by atoms with Crippen LogP contribution in [-0.2, 0) is 13.0 Å². The molecule has 5 heteroatoms. The molecule has 0 radical (unpaired) electrons. The van der Waals surface area contributed by atoms with Gasteiger partial charge in [-0.05, 0) is 23.6 Å². The minimum atomic E-state index is -0.974. The van der Waals surface area contributed by atoms with Gasteiger partial charge < -0.3 is 15.7 Å². The fourth-order valence-electron chi connectivity index (χ4n) is 1.79. The lowest BCUT2D eigenvalue weighted by molar-refractivity contribution is 0.139. The van der Waals surface area contributed by atoms with Gasteiger partial charge in [0.25, 0.3) is 0 Å². The molecule has 0 spiro atoms. The Morgan fingerprint density at radius 1 is 1.53 bits per heavy atom. The first kappa shape index (κ1) is 9.76. The van der Waals surface area contributed by atoms with Crippen LogP contribution in [0.15, 0.2) is 12.1 Å². The molecule has 1 heterocycles. The van der Waals surface area contributed by atoms with E-state index in [9.17, 15) is 9.18 Å². The van der Waals surface area contributed by atoms with Crippen molar-refractivity contribution in [3.05, 3.63) is 29.1 Å². The summed E-state index contributed by atoms with van der Waals surface area (Å²) in [5, 5.41) is 8.80. The molecule has 1 aliphatic heterocycles. The van der Waals surface area contributed by atoms with Crippen molar-refractivity contribution >= 4 is 11.8 Å². The largest absolute Gasteiger partial charge is 0.465 e. The van der Waals surface area contributed by atoms with Gasteiger partial charge in [-0.2, -0.15) is 0 Å². The van der Waals surface area contributed by atoms with E-state index in [1.54, 1.807) is 6.07 Å². The second-order valence-corrected chi connectivity index (χ2v) is 3.56. The van der Waals surface area contributed by atoms with Crippen molar-refractivity contribution in [1.29, 1.82) is 0 Å². The number of rotatable bonds is 0. The van der Waals surface area contributed by atoms with Gasteiger partial charge >= 0.3 is 6.09 Å². The number of hydrogen-bond acceptors (Lipinski definition) is 2. The highest BCUT2D eigenvalue weighted by Crippen LogP contribution is 2.25. The maximum Gasteiger partial charge on any atom is 0.407 e. The number of halogens is 1. The number of hydrogen-bond donors (Lipinski definition) is 2. The normalized spacial score (nSPS) is 14.9. The zero-order chi connectivity index (χ0) is 11.0. The maximum absolute atomic E-state index is 13.5. The third-order valence-corrected chi connectivity index (χ3v) is 2.63. The van der Waals surface area contributed by atoms with Gasteiger partial charge in [-0.3, -0.25) is 0 Å². The zero-order valence-electron chi connectivity index (χ0n) is 8.03. The van der Waals surface area contributed by atoms with E-state index in [-0.39, 0.29) is 12.2 Å². The average Bonchev–Trinajstić information content (AvgIpc) is 2.23. The predicted molar refractivity (Wildman–Crippen MR) is 53.0 cm³/mol. The smallest absolute Gasteiger partial charge is 0.407 e. The molecule has 0 bridgehead atoms. The van der Waals surface area contributed by atoms with Gasteiger partial charge in [-0.15, -0.1) is 0 Å². The fourth-order valence-corrected chi connectivity index (χ4v) is 1.79. The van der Waals surface area contributed by atoms with Crippen LogP contribution >= 0.6 is 0 Å². The molecule has 0 aromatic heterocycles. The van der Waals surface area contributed by atoms with E-state index in [0.29, 0.717) is 24.1 Å². The summed E-state index contributed by atoms with van der Waals surface area (Å²) in [6.07, 6.45) is -0.587. The van der Waals surface area contributed by atoms with Gasteiger partial charge in [0.15, 0.2) is 0 Å². The SMILES string of the molecule is Nc1ccc2c(c1F)CCN(C(=O)O)C2. The molecule has 3 N–H and O–H groups in total. The van der Waals surface area contributed by atoms with Crippen LogP contribution in [0.3, 0.4) is 0 Å². The average molecular weight is 210 g/mol. The molecule has 4 nitrogen and oxygen atoms in total. The van der Waals surface area contributed by atoms with E-state index >= 15 is 0 Å². The molecule has 1 aliphatic rings. The van der Waals surface area contributed by atoms with E-state index in [1.807, 2.05) is 0 Å². The second kappa shape index (κ2) is 3.42. The second-order valence-electron chi connectivity index (χ2n) is 3.56. The molecule has 0 saturated carbocycles. The van der Waals surface area contributed by atoms with Gasteiger partial charge in [-0.25, -0.2) is 9.18 Å². The molecule has 1 aromatic carbocycles. The first-order valence-electron chi connectivity index (χ1n) is 4.63. The Bertz CT molecular complexity index is 420. The molecule has 80 valence electrons. The number of nitrogens with two attached hydrogens (primary N) is 1. The van der Waals surface area contributed by atoms with E-state index in [0.717, 1.165) is 0 Å². The molecule has 0 fully saturated rings. The molecule has 0 unspecified atom stereocenters. The number of nitrogens with zero attached hydrogens (tertiary/aromatic N) is 1. The number of anilines is 1. The molecular formula is C10H11FN2O2. The summed E-state index contributed by atoms with van der Waals surface area (Å²) in [7, 11) is 0. The van der Waals surface area contributed by atoms with E-state index < -0.39 is 11.9 Å². The highest BCUT2D eigenvalue weighted by Gasteiger charge is 2.22. The quantitative estimate of drug-likeness (QED) is 0.637. The first-order valence-corrected chi connectivity index (χ1v) is 4.63. The molecular weight excluding hydrogens is 199 g/mol. The highest BCUT2D eigenvalue weighted by molar-refractivity contribution is 5.66. The molecule has 0 saturated heterocycles. The topological polar surface area (TPSA) is 66.6 Å². The summed E-state index contributed by atoms with van der Waals surface area (Å²) in [4.78, 5) is 12.0. The summed E-state index contributed by atoms with van der Waals surface area (Å²) >= 11 is 0. The number of carbonyl (C=O) groups is 1. The van der Waals surface area contributed by atoms with E-state index in [4.69, 9.17) is 10.8 Å². The zero-order valence-corrected chi connectivity index (χ0v) is 8.03. The summed E-state index contributed by atoms with van der Waals surface area (Å²) in [5.41, 5.74) is 6.81. The number of nitrogen functional groups attached to an aromatic ring is 1. The van der Waals surface area contributed by atoms with Crippen molar-refractivity contribution < 1.29 is 14.3 Å². The van der Waals surface area contributed by atoms with E-state index in [1.165, 1.54) is 11.0 Å². The summed E-state index contributed by atoms with van der Waals surface area (Å²) in [6, 6.07) is 3.16. The number of fused-ring (bicyclic) bond motifs is 1. The van der Waals surface area contributed by atoms with Crippen molar-refractivity contribution in [2.45, 2.75) is 13.0 Å². The molecule has 0 aliphatic carbocycles. The minimum Gasteiger partial charge on any atom is -0.465 e. The van der Waals surface area contributed by atoms with Gasteiger partial charge in [0.05, 0.1) is 5.69 Å². The van der Waals surface area contributed by atoms with Crippen molar-refractivity contribution in [3.8, 4) is 0 Å². The number of benzene rings is 1. The Hall–Kier alpha value is -1.78. The highest BCUT2D eigenvalue weighted by atomic mass is 19.1. The summed E-state index contributed by atoms with van der Waals surface area (Å²) in [6.45, 7) is 0.560. The van der Waals surface area contributed by atoms with Crippen LogP contribution in [0.25, 0.3) is 0 Å². The standard InChI is InChI=1S/C10H11FN2O2/c11-9-7-3-4-13(10(14)15)5-6(7)1-2-8(9)12/h1-2H,3-5,12H2,(H,14,15). The van der Waals surface area contributed by atoms with Crippen LogP contribution < -0.4 is 5.73 Å². The van der Waals surface area contributed by atoms with Crippen LogP contribution in [0.4, 0.5) is 14.9 Å². The van der Waals surface area contributed by atoms with Crippen molar-refractivity contribution in [2.75, 3.05) is 12.3 Å². The molecule has 1 aromatic rings. The van der Waals surface area contributed by atoms with Crippen LogP contribution in [0, 0.1) is 5.82 Å². The maximum atomic E-state index is 13.5. The van der Waals surface area contributed by atoms with Gasteiger partial charge in [0.1, 0.15) is 5.82 Å². The van der Waals surface area contributed by atoms with Crippen LogP contribution in [0.2, 0.25) is 0 Å². The molecule has 0 atom stereocenters. The van der Waals surface area contributed by atoms with Crippen molar-refractivity contribution in [2.24, 2.45) is 0 Å². The van der Waals surface area contributed by atoms with E-state index in [2.05, 4.69) is 0 Å². The Labute approximate surface area is 86.1 Å². The Morgan fingerprint density at radius 2 is 2.27 bits per heavy atom. The number of amides is 1. The monoisotopic (exact) mass is 210 g/mol. The third kappa shape index (κ3) is 1.60. The molecule has 1 amide bonds. The summed E-state index contributed by atoms with van der Waals surface area (Å²) < 4.78 is 13.5. The lowest BCUT2D eigenvalue weighted by Crippen LogP contribution is -2.35. The minimum absolute atomic E-state index is 0.123. The first-order chi connectivity index (χ1) is 7.09. The van der Waals surface area contributed by atoms with Crippen LogP contribution in [0.1, 0.15) is 11.1 Å². The van der Waals surface area contributed by atoms with Crippen LogP contribution in [-0.4, -0.2) is 22.6 Å². The molecule has 15 heavy (non-hydrogen) atoms.